The fourth-order valence-electron chi connectivity index (χ4n) is 2.26. The number of hydrogen-bond donors (Lipinski definition) is 1. The predicted octanol–water partition coefficient (Wildman–Crippen LogP) is 2.27. The Kier molecular flexibility index (Phi) is 5.46. The molecule has 108 valence electrons. The van der Waals surface area contributed by atoms with Gasteiger partial charge in [-0.1, -0.05) is 19.3 Å². The van der Waals surface area contributed by atoms with Crippen LogP contribution >= 0.6 is 0 Å². The van der Waals surface area contributed by atoms with Crippen LogP contribution in [0, 0.1) is 0 Å². The van der Waals surface area contributed by atoms with Crippen LogP contribution < -0.4 is 5.32 Å². The Bertz CT molecular complexity index is 348. The second-order valence-corrected chi connectivity index (χ2v) is 7.56. The summed E-state index contributed by atoms with van der Waals surface area (Å²) in [5, 5.41) is 1.04. The highest BCUT2D eigenvalue weighted by atomic mass is 32.2. The number of hydrogen-bond acceptors (Lipinski definition) is 3. The van der Waals surface area contributed by atoms with Gasteiger partial charge in [0.05, 0.1) is 17.0 Å². The van der Waals surface area contributed by atoms with Crippen LogP contribution in [-0.2, 0) is 9.84 Å². The van der Waals surface area contributed by atoms with Gasteiger partial charge in [-0.25, -0.2) is 8.42 Å². The molecule has 0 aromatic rings. The molecule has 7 heteroatoms. The van der Waals surface area contributed by atoms with Crippen molar-refractivity contribution >= 4 is 9.84 Å². The lowest BCUT2D eigenvalue weighted by Crippen LogP contribution is -2.40. The van der Waals surface area contributed by atoms with Gasteiger partial charge in [0, 0.05) is 6.54 Å². The average molecular weight is 287 g/mol. The van der Waals surface area contributed by atoms with Crippen molar-refractivity contribution in [2.24, 2.45) is 0 Å². The van der Waals surface area contributed by atoms with Gasteiger partial charge in [0.2, 0.25) is 0 Å². The second kappa shape index (κ2) is 6.23. The summed E-state index contributed by atoms with van der Waals surface area (Å²) >= 11 is 0. The first-order valence-electron chi connectivity index (χ1n) is 6.23. The highest BCUT2D eigenvalue weighted by Crippen LogP contribution is 2.26. The minimum absolute atomic E-state index is 0.141. The van der Waals surface area contributed by atoms with E-state index >= 15 is 0 Å². The Balaban J connectivity index is 2.46. The maximum Gasteiger partial charge on any atom is 0.401 e. The van der Waals surface area contributed by atoms with Crippen molar-refractivity contribution in [3.8, 4) is 0 Å². The lowest BCUT2D eigenvalue weighted by atomic mass is 10.0. The van der Waals surface area contributed by atoms with Gasteiger partial charge in [-0.3, -0.25) is 0 Å². The number of nitrogens with one attached hydrogen (secondary N) is 1. The molecule has 0 aromatic carbocycles. The van der Waals surface area contributed by atoms with E-state index in [0.717, 1.165) is 19.3 Å². The van der Waals surface area contributed by atoms with Crippen LogP contribution in [0.2, 0.25) is 0 Å². The third kappa shape index (κ3) is 4.76. The molecule has 0 radical (unpaired) electrons. The van der Waals surface area contributed by atoms with Gasteiger partial charge in [-0.15, -0.1) is 0 Å². The minimum Gasteiger partial charge on any atom is -0.307 e. The molecule has 18 heavy (non-hydrogen) atoms. The van der Waals surface area contributed by atoms with E-state index in [2.05, 4.69) is 5.32 Å². The van der Waals surface area contributed by atoms with Crippen LogP contribution in [0.4, 0.5) is 13.2 Å². The molecule has 0 aromatic heterocycles. The van der Waals surface area contributed by atoms with Gasteiger partial charge < -0.3 is 5.32 Å². The summed E-state index contributed by atoms with van der Waals surface area (Å²) in [6.45, 7) is 0.198. The summed E-state index contributed by atoms with van der Waals surface area (Å²) < 4.78 is 60.1. The fraction of sp³-hybridized carbons (Fsp3) is 1.00. The molecule has 3 nitrogen and oxygen atoms in total. The first-order valence-corrected chi connectivity index (χ1v) is 7.84. The molecule has 1 aliphatic rings. The Hall–Kier alpha value is -0.300. The summed E-state index contributed by atoms with van der Waals surface area (Å²) in [5.74, 6) is 0. The van der Waals surface area contributed by atoms with Crippen LogP contribution in [0.1, 0.15) is 39.0 Å². The van der Waals surface area contributed by atoms with Gasteiger partial charge in [-0.05, 0) is 19.8 Å². The summed E-state index contributed by atoms with van der Waals surface area (Å²) in [7, 11) is -3.31. The molecule has 0 aliphatic heterocycles. The molecular formula is C11H20F3NO2S. The highest BCUT2D eigenvalue weighted by Gasteiger charge is 2.33. The van der Waals surface area contributed by atoms with Crippen molar-refractivity contribution < 1.29 is 21.6 Å². The van der Waals surface area contributed by atoms with Gasteiger partial charge >= 0.3 is 6.18 Å². The average Bonchev–Trinajstić information content (AvgIpc) is 2.28. The van der Waals surface area contributed by atoms with Crippen molar-refractivity contribution in [3.63, 3.8) is 0 Å². The Morgan fingerprint density at radius 1 is 1.22 bits per heavy atom. The predicted molar refractivity (Wildman–Crippen MR) is 64.2 cm³/mol. The van der Waals surface area contributed by atoms with Gasteiger partial charge in [0.15, 0.2) is 9.84 Å². The van der Waals surface area contributed by atoms with E-state index in [4.69, 9.17) is 0 Å². The van der Waals surface area contributed by atoms with E-state index in [-0.39, 0.29) is 11.8 Å². The Morgan fingerprint density at radius 3 is 2.28 bits per heavy atom. The van der Waals surface area contributed by atoms with E-state index in [1.165, 1.54) is 6.92 Å². The monoisotopic (exact) mass is 287 g/mol. The largest absolute Gasteiger partial charge is 0.401 e. The van der Waals surface area contributed by atoms with Crippen LogP contribution in [0.25, 0.3) is 0 Å². The molecule has 1 unspecified atom stereocenters. The van der Waals surface area contributed by atoms with Crippen LogP contribution in [0.15, 0.2) is 0 Å². The summed E-state index contributed by atoms with van der Waals surface area (Å²) in [6, 6.07) is 0. The highest BCUT2D eigenvalue weighted by molar-refractivity contribution is 7.92. The van der Waals surface area contributed by atoms with E-state index in [1.807, 2.05) is 0 Å². The lowest BCUT2D eigenvalue weighted by Gasteiger charge is -2.25. The van der Waals surface area contributed by atoms with E-state index < -0.39 is 27.8 Å². The van der Waals surface area contributed by atoms with Crippen molar-refractivity contribution in [2.45, 2.75) is 55.7 Å². The molecule has 0 amide bonds. The van der Waals surface area contributed by atoms with Crippen LogP contribution in [0.5, 0.6) is 0 Å². The fourth-order valence-corrected chi connectivity index (χ4v) is 4.25. The van der Waals surface area contributed by atoms with Crippen molar-refractivity contribution in [1.29, 1.82) is 0 Å². The van der Waals surface area contributed by atoms with E-state index in [1.54, 1.807) is 0 Å². The summed E-state index contributed by atoms with van der Waals surface area (Å²) in [4.78, 5) is 0. The first-order chi connectivity index (χ1) is 8.23. The third-order valence-electron chi connectivity index (χ3n) is 3.33. The summed E-state index contributed by atoms with van der Waals surface area (Å²) in [6.07, 6.45) is -0.169. The molecule has 0 spiro atoms. The molecule has 1 rings (SSSR count). The third-order valence-corrected chi connectivity index (χ3v) is 6.02. The van der Waals surface area contributed by atoms with E-state index in [9.17, 15) is 21.6 Å². The smallest absolute Gasteiger partial charge is 0.307 e. The van der Waals surface area contributed by atoms with Crippen molar-refractivity contribution in [1.82, 2.24) is 5.32 Å². The molecule has 1 fully saturated rings. The number of halogens is 3. The second-order valence-electron chi connectivity index (χ2n) is 4.91. The molecule has 0 bridgehead atoms. The van der Waals surface area contributed by atoms with Gasteiger partial charge in [0.25, 0.3) is 0 Å². The lowest BCUT2D eigenvalue weighted by molar-refractivity contribution is -0.124. The molecule has 0 heterocycles. The molecule has 1 N–H and O–H groups in total. The first kappa shape index (κ1) is 15.8. The minimum atomic E-state index is -4.30. The topological polar surface area (TPSA) is 46.2 Å². The van der Waals surface area contributed by atoms with Crippen LogP contribution in [0.3, 0.4) is 0 Å². The molecule has 0 saturated heterocycles. The summed E-state index contributed by atoms with van der Waals surface area (Å²) in [5.41, 5.74) is 0. The zero-order valence-electron chi connectivity index (χ0n) is 10.5. The maximum atomic E-state index is 12.1. The Morgan fingerprint density at radius 2 is 1.78 bits per heavy atom. The van der Waals surface area contributed by atoms with Gasteiger partial charge in [-0.2, -0.15) is 13.2 Å². The molecule has 1 saturated carbocycles. The molecule has 1 atom stereocenters. The standard InChI is InChI=1S/C11H20F3NO2S/c1-9(7-15-8-11(12,13)14)18(16,17)10-5-3-2-4-6-10/h9-10,15H,2-8H2,1H3. The number of alkyl halides is 3. The number of sulfone groups is 1. The zero-order chi connectivity index (χ0) is 13.8. The molecule has 1 aliphatic carbocycles. The molecular weight excluding hydrogens is 267 g/mol. The van der Waals surface area contributed by atoms with Crippen LogP contribution in [-0.4, -0.2) is 38.2 Å². The SMILES string of the molecule is CC(CNCC(F)(F)F)S(=O)(=O)C1CCCCC1. The quantitative estimate of drug-likeness (QED) is 0.844. The Labute approximate surface area is 106 Å². The maximum absolute atomic E-state index is 12.1. The van der Waals surface area contributed by atoms with Gasteiger partial charge in [0.1, 0.15) is 0 Å². The van der Waals surface area contributed by atoms with Crippen molar-refractivity contribution in [3.05, 3.63) is 0 Å². The number of rotatable bonds is 5. The normalized spacial score (nSPS) is 20.9. The van der Waals surface area contributed by atoms with Crippen molar-refractivity contribution in [2.75, 3.05) is 13.1 Å². The van der Waals surface area contributed by atoms with E-state index in [0.29, 0.717) is 12.8 Å². The zero-order valence-corrected chi connectivity index (χ0v) is 11.3.